The second kappa shape index (κ2) is 5.41. The summed E-state index contributed by atoms with van der Waals surface area (Å²) < 4.78 is 0.981. The highest BCUT2D eigenvalue weighted by molar-refractivity contribution is 9.10. The Morgan fingerprint density at radius 2 is 2.22 bits per heavy atom. The Morgan fingerprint density at radius 3 is 2.89 bits per heavy atom. The van der Waals surface area contributed by atoms with Gasteiger partial charge < -0.3 is 10.6 Å². The van der Waals surface area contributed by atoms with Crippen LogP contribution in [0.4, 0.5) is 0 Å². The standard InChI is InChI=1S/C14H19BrN2O/c1-9-8-11(16)6-7-17(9)14(18)12-4-3-5-13(15)10(12)2/h3-5,9,11H,6-8,16H2,1-2H3/t9-,11+/m1/s1. The van der Waals surface area contributed by atoms with E-state index in [9.17, 15) is 4.79 Å². The van der Waals surface area contributed by atoms with Crippen molar-refractivity contribution in [3.8, 4) is 0 Å². The van der Waals surface area contributed by atoms with Crippen LogP contribution in [0.2, 0.25) is 0 Å². The number of carbonyl (C=O) groups excluding carboxylic acids is 1. The Kier molecular flexibility index (Phi) is 4.07. The number of rotatable bonds is 1. The van der Waals surface area contributed by atoms with Crippen molar-refractivity contribution in [3.05, 3.63) is 33.8 Å². The third-order valence-corrected chi connectivity index (χ3v) is 4.53. The lowest BCUT2D eigenvalue weighted by Gasteiger charge is -2.36. The number of carbonyl (C=O) groups is 1. The summed E-state index contributed by atoms with van der Waals surface area (Å²) in [6.45, 7) is 4.80. The molecular formula is C14H19BrN2O. The van der Waals surface area contributed by atoms with Crippen molar-refractivity contribution in [2.75, 3.05) is 6.54 Å². The summed E-state index contributed by atoms with van der Waals surface area (Å²) in [5, 5.41) is 0. The van der Waals surface area contributed by atoms with Gasteiger partial charge in [-0.2, -0.15) is 0 Å². The van der Waals surface area contributed by atoms with Crippen molar-refractivity contribution >= 4 is 21.8 Å². The van der Waals surface area contributed by atoms with Gasteiger partial charge in [-0.1, -0.05) is 22.0 Å². The van der Waals surface area contributed by atoms with Crippen LogP contribution in [0.1, 0.15) is 35.7 Å². The number of likely N-dealkylation sites (tertiary alicyclic amines) is 1. The molecule has 1 saturated heterocycles. The molecule has 1 heterocycles. The number of hydrogen-bond donors (Lipinski definition) is 1. The molecule has 1 amide bonds. The van der Waals surface area contributed by atoms with Gasteiger partial charge in [0.25, 0.3) is 5.91 Å². The van der Waals surface area contributed by atoms with Gasteiger partial charge in [-0.05, 0) is 44.4 Å². The van der Waals surface area contributed by atoms with E-state index in [0.717, 1.165) is 35.0 Å². The van der Waals surface area contributed by atoms with Crippen molar-refractivity contribution in [3.63, 3.8) is 0 Å². The lowest BCUT2D eigenvalue weighted by molar-refractivity contribution is 0.0618. The number of nitrogens with two attached hydrogens (primary N) is 1. The number of halogens is 1. The van der Waals surface area contributed by atoms with Gasteiger partial charge in [-0.3, -0.25) is 4.79 Å². The fraction of sp³-hybridized carbons (Fsp3) is 0.500. The average Bonchev–Trinajstić information content (AvgIpc) is 2.32. The number of nitrogens with zero attached hydrogens (tertiary/aromatic N) is 1. The van der Waals surface area contributed by atoms with Crippen LogP contribution in [0, 0.1) is 6.92 Å². The molecule has 0 saturated carbocycles. The van der Waals surface area contributed by atoms with Crippen LogP contribution in [0.5, 0.6) is 0 Å². The first-order valence-corrected chi connectivity index (χ1v) is 7.11. The first-order chi connectivity index (χ1) is 8.50. The minimum absolute atomic E-state index is 0.119. The van der Waals surface area contributed by atoms with Gasteiger partial charge in [-0.15, -0.1) is 0 Å². The van der Waals surface area contributed by atoms with Gasteiger partial charge in [-0.25, -0.2) is 0 Å². The lowest BCUT2D eigenvalue weighted by Crippen LogP contribution is -2.48. The van der Waals surface area contributed by atoms with Crippen LogP contribution in [-0.4, -0.2) is 29.4 Å². The second-order valence-corrected chi connectivity index (χ2v) is 5.90. The zero-order valence-corrected chi connectivity index (χ0v) is 12.4. The summed E-state index contributed by atoms with van der Waals surface area (Å²) in [6.07, 6.45) is 1.78. The first-order valence-electron chi connectivity index (χ1n) is 6.32. The molecule has 4 heteroatoms. The van der Waals surface area contributed by atoms with E-state index < -0.39 is 0 Å². The maximum absolute atomic E-state index is 12.6. The van der Waals surface area contributed by atoms with Crippen LogP contribution in [0.25, 0.3) is 0 Å². The lowest BCUT2D eigenvalue weighted by atomic mass is 9.97. The Morgan fingerprint density at radius 1 is 1.50 bits per heavy atom. The molecular weight excluding hydrogens is 292 g/mol. The molecule has 3 nitrogen and oxygen atoms in total. The van der Waals surface area contributed by atoms with Gasteiger partial charge in [0.15, 0.2) is 0 Å². The molecule has 1 aromatic carbocycles. The van der Waals surface area contributed by atoms with Crippen LogP contribution < -0.4 is 5.73 Å². The highest BCUT2D eigenvalue weighted by atomic mass is 79.9. The molecule has 2 N–H and O–H groups in total. The van der Waals surface area contributed by atoms with Crippen LogP contribution >= 0.6 is 15.9 Å². The van der Waals surface area contributed by atoms with E-state index in [1.54, 1.807) is 0 Å². The van der Waals surface area contributed by atoms with Gasteiger partial charge in [0.2, 0.25) is 0 Å². The zero-order chi connectivity index (χ0) is 13.3. The Balaban J connectivity index is 2.23. The minimum atomic E-state index is 0.119. The maximum Gasteiger partial charge on any atom is 0.254 e. The first kappa shape index (κ1) is 13.6. The van der Waals surface area contributed by atoms with E-state index >= 15 is 0 Å². The summed E-state index contributed by atoms with van der Waals surface area (Å²) in [5.74, 6) is 0.119. The molecule has 0 radical (unpaired) electrons. The summed E-state index contributed by atoms with van der Waals surface area (Å²) in [4.78, 5) is 14.5. The van der Waals surface area contributed by atoms with E-state index in [0.29, 0.717) is 0 Å². The molecule has 2 atom stereocenters. The third-order valence-electron chi connectivity index (χ3n) is 3.68. The molecule has 18 heavy (non-hydrogen) atoms. The molecule has 0 aliphatic carbocycles. The van der Waals surface area contributed by atoms with Crippen molar-refractivity contribution in [2.24, 2.45) is 5.73 Å². The van der Waals surface area contributed by atoms with Gasteiger partial charge in [0.1, 0.15) is 0 Å². The topological polar surface area (TPSA) is 46.3 Å². The van der Waals surface area contributed by atoms with E-state index in [1.807, 2.05) is 30.0 Å². The summed E-state index contributed by atoms with van der Waals surface area (Å²) >= 11 is 3.47. The van der Waals surface area contributed by atoms with Crippen molar-refractivity contribution in [1.29, 1.82) is 0 Å². The van der Waals surface area contributed by atoms with Gasteiger partial charge in [0.05, 0.1) is 0 Å². The Bertz CT molecular complexity index is 461. The Hall–Kier alpha value is -0.870. The molecule has 2 rings (SSSR count). The van der Waals surface area contributed by atoms with E-state index in [2.05, 4.69) is 22.9 Å². The van der Waals surface area contributed by atoms with Crippen molar-refractivity contribution in [2.45, 2.75) is 38.8 Å². The number of piperidine rings is 1. The monoisotopic (exact) mass is 310 g/mol. The number of hydrogen-bond acceptors (Lipinski definition) is 2. The Labute approximate surface area is 116 Å². The number of amides is 1. The summed E-state index contributed by atoms with van der Waals surface area (Å²) in [6, 6.07) is 6.21. The highest BCUT2D eigenvalue weighted by Gasteiger charge is 2.28. The van der Waals surface area contributed by atoms with Gasteiger partial charge in [0, 0.05) is 28.7 Å². The molecule has 1 aliphatic rings. The molecule has 0 aromatic heterocycles. The highest BCUT2D eigenvalue weighted by Crippen LogP contribution is 2.24. The molecule has 0 bridgehead atoms. The van der Waals surface area contributed by atoms with Crippen molar-refractivity contribution < 1.29 is 4.79 Å². The third kappa shape index (κ3) is 2.59. The van der Waals surface area contributed by atoms with E-state index in [4.69, 9.17) is 5.73 Å². The normalized spacial score (nSPS) is 24.1. The maximum atomic E-state index is 12.6. The largest absolute Gasteiger partial charge is 0.336 e. The SMILES string of the molecule is Cc1c(Br)cccc1C(=O)N1CC[C@H](N)C[C@H]1C. The predicted molar refractivity (Wildman–Crippen MR) is 76.6 cm³/mol. The molecule has 1 fully saturated rings. The van der Waals surface area contributed by atoms with Crippen LogP contribution in [0.15, 0.2) is 22.7 Å². The molecule has 0 spiro atoms. The molecule has 0 unspecified atom stereocenters. The molecule has 98 valence electrons. The second-order valence-electron chi connectivity index (χ2n) is 5.04. The van der Waals surface area contributed by atoms with E-state index in [-0.39, 0.29) is 18.0 Å². The van der Waals surface area contributed by atoms with Crippen molar-refractivity contribution in [1.82, 2.24) is 4.90 Å². The minimum Gasteiger partial charge on any atom is -0.336 e. The zero-order valence-electron chi connectivity index (χ0n) is 10.8. The van der Waals surface area contributed by atoms with Crippen LogP contribution in [-0.2, 0) is 0 Å². The van der Waals surface area contributed by atoms with E-state index in [1.165, 1.54) is 0 Å². The fourth-order valence-electron chi connectivity index (χ4n) is 2.50. The fourth-order valence-corrected chi connectivity index (χ4v) is 2.87. The average molecular weight is 311 g/mol. The molecule has 1 aromatic rings. The van der Waals surface area contributed by atoms with Crippen LogP contribution in [0.3, 0.4) is 0 Å². The number of benzene rings is 1. The summed E-state index contributed by atoms with van der Waals surface area (Å²) in [7, 11) is 0. The quantitative estimate of drug-likeness (QED) is 0.867. The molecule has 1 aliphatic heterocycles. The van der Waals surface area contributed by atoms with Gasteiger partial charge >= 0.3 is 0 Å². The predicted octanol–water partition coefficient (Wildman–Crippen LogP) is 2.71. The smallest absolute Gasteiger partial charge is 0.254 e. The summed E-state index contributed by atoms with van der Waals surface area (Å²) in [5.41, 5.74) is 7.72.